The van der Waals surface area contributed by atoms with Gasteiger partial charge in [-0.15, -0.1) is 0 Å². The molecule has 2 heterocycles. The van der Waals surface area contributed by atoms with Crippen molar-refractivity contribution in [3.05, 3.63) is 17.6 Å². The van der Waals surface area contributed by atoms with Gasteiger partial charge in [-0.1, -0.05) is 13.8 Å². The second-order valence-electron chi connectivity index (χ2n) is 5.55. The Kier molecular flexibility index (Phi) is 4.04. The van der Waals surface area contributed by atoms with E-state index in [-0.39, 0.29) is 5.75 Å². The third-order valence-electron chi connectivity index (χ3n) is 4.33. The van der Waals surface area contributed by atoms with Crippen LogP contribution in [0.5, 0.6) is 0 Å². The second-order valence-corrected chi connectivity index (χ2v) is 8.05. The first kappa shape index (κ1) is 15.2. The van der Waals surface area contributed by atoms with Crippen molar-refractivity contribution in [1.82, 2.24) is 9.97 Å². The molecule has 0 atom stereocenters. The summed E-state index contributed by atoms with van der Waals surface area (Å²) in [6, 6.07) is 1.93. The number of hydrogen-bond donors (Lipinski definition) is 0. The van der Waals surface area contributed by atoms with Crippen molar-refractivity contribution in [1.29, 1.82) is 0 Å². The predicted molar refractivity (Wildman–Crippen MR) is 80.8 cm³/mol. The third kappa shape index (κ3) is 2.53. The van der Waals surface area contributed by atoms with Crippen LogP contribution in [0.15, 0.2) is 6.07 Å². The Labute approximate surface area is 121 Å². The molecule has 0 amide bonds. The van der Waals surface area contributed by atoms with Gasteiger partial charge in [-0.05, 0) is 26.7 Å². The zero-order valence-corrected chi connectivity index (χ0v) is 13.5. The van der Waals surface area contributed by atoms with Gasteiger partial charge in [0, 0.05) is 24.8 Å². The lowest BCUT2D eigenvalue weighted by Gasteiger charge is -2.42. The standard InChI is InChI=1S/C14H23N3O2S/c1-5-14(6-2)10-17(7-8-20(14,18)19)13-9-11(3)15-12(4)16-13/h9H,5-8,10H2,1-4H3. The zero-order chi connectivity index (χ0) is 15.0. The minimum atomic E-state index is -3.03. The van der Waals surface area contributed by atoms with Crippen LogP contribution >= 0.6 is 0 Å². The van der Waals surface area contributed by atoms with Crippen molar-refractivity contribution >= 4 is 15.7 Å². The van der Waals surface area contributed by atoms with Crippen molar-refractivity contribution in [2.45, 2.75) is 45.3 Å². The Balaban J connectivity index is 2.37. The van der Waals surface area contributed by atoms with Crippen LogP contribution < -0.4 is 4.90 Å². The Morgan fingerprint density at radius 1 is 1.25 bits per heavy atom. The highest BCUT2D eigenvalue weighted by molar-refractivity contribution is 7.92. The summed E-state index contributed by atoms with van der Waals surface area (Å²) in [7, 11) is -3.03. The normalized spacial score (nSPS) is 20.9. The molecule has 0 aliphatic carbocycles. The van der Waals surface area contributed by atoms with Gasteiger partial charge < -0.3 is 4.90 Å². The summed E-state index contributed by atoms with van der Waals surface area (Å²) in [5, 5.41) is 0. The van der Waals surface area contributed by atoms with Crippen molar-refractivity contribution in [2.24, 2.45) is 0 Å². The molecule has 1 aliphatic rings. The molecule has 0 aromatic carbocycles. The molecule has 0 bridgehead atoms. The van der Waals surface area contributed by atoms with Gasteiger partial charge in [0.25, 0.3) is 0 Å². The van der Waals surface area contributed by atoms with E-state index < -0.39 is 14.6 Å². The van der Waals surface area contributed by atoms with Crippen molar-refractivity contribution < 1.29 is 8.42 Å². The van der Waals surface area contributed by atoms with Crippen LogP contribution in [-0.2, 0) is 9.84 Å². The van der Waals surface area contributed by atoms with Crippen LogP contribution in [-0.4, -0.2) is 42.0 Å². The number of rotatable bonds is 3. The topological polar surface area (TPSA) is 63.2 Å². The number of sulfone groups is 1. The fourth-order valence-corrected chi connectivity index (χ4v) is 5.07. The molecule has 6 heteroatoms. The molecular weight excluding hydrogens is 274 g/mol. The van der Waals surface area contributed by atoms with Gasteiger partial charge in [0.1, 0.15) is 11.6 Å². The highest BCUT2D eigenvalue weighted by Crippen LogP contribution is 2.33. The van der Waals surface area contributed by atoms with Crippen LogP contribution in [0.3, 0.4) is 0 Å². The molecule has 0 radical (unpaired) electrons. The smallest absolute Gasteiger partial charge is 0.159 e. The Bertz CT molecular complexity index is 574. The van der Waals surface area contributed by atoms with Gasteiger partial charge in [-0.3, -0.25) is 0 Å². The number of aromatic nitrogens is 2. The fourth-order valence-electron chi connectivity index (χ4n) is 2.94. The SMILES string of the molecule is CCC1(CC)CN(c2cc(C)nc(C)n2)CCS1(=O)=O. The fraction of sp³-hybridized carbons (Fsp3) is 0.714. The number of hydrogen-bond acceptors (Lipinski definition) is 5. The molecule has 0 spiro atoms. The average Bonchev–Trinajstić information content (AvgIpc) is 2.37. The lowest BCUT2D eigenvalue weighted by Crippen LogP contribution is -2.56. The summed E-state index contributed by atoms with van der Waals surface area (Å²) in [5.41, 5.74) is 0.916. The van der Waals surface area contributed by atoms with E-state index in [1.807, 2.05) is 33.8 Å². The molecule has 1 fully saturated rings. The van der Waals surface area contributed by atoms with Gasteiger partial charge in [0.15, 0.2) is 9.84 Å². The van der Waals surface area contributed by atoms with Crippen LogP contribution in [0.1, 0.15) is 38.2 Å². The molecule has 5 nitrogen and oxygen atoms in total. The summed E-state index contributed by atoms with van der Waals surface area (Å²) in [4.78, 5) is 10.8. The summed E-state index contributed by atoms with van der Waals surface area (Å²) in [6.45, 7) is 8.76. The molecule has 1 aliphatic heterocycles. The quantitative estimate of drug-likeness (QED) is 0.852. The van der Waals surface area contributed by atoms with E-state index in [1.165, 1.54) is 0 Å². The first-order valence-corrected chi connectivity index (χ1v) is 8.78. The minimum Gasteiger partial charge on any atom is -0.354 e. The molecule has 0 N–H and O–H groups in total. The Morgan fingerprint density at radius 2 is 1.90 bits per heavy atom. The minimum absolute atomic E-state index is 0.205. The van der Waals surface area contributed by atoms with Gasteiger partial charge in [0.2, 0.25) is 0 Å². The summed E-state index contributed by atoms with van der Waals surface area (Å²) >= 11 is 0. The maximum Gasteiger partial charge on any atom is 0.159 e. The van der Waals surface area contributed by atoms with E-state index in [2.05, 4.69) is 14.9 Å². The van der Waals surface area contributed by atoms with Crippen LogP contribution in [0.25, 0.3) is 0 Å². The lowest BCUT2D eigenvalue weighted by molar-refractivity contribution is 0.457. The maximum atomic E-state index is 12.4. The van der Waals surface area contributed by atoms with Crippen molar-refractivity contribution in [3.63, 3.8) is 0 Å². The molecule has 0 saturated carbocycles. The maximum absolute atomic E-state index is 12.4. The average molecular weight is 297 g/mol. The molecule has 1 aromatic heterocycles. The number of anilines is 1. The van der Waals surface area contributed by atoms with Gasteiger partial charge in [-0.2, -0.15) is 0 Å². The zero-order valence-electron chi connectivity index (χ0n) is 12.7. The van der Waals surface area contributed by atoms with E-state index in [4.69, 9.17) is 0 Å². The molecular formula is C14H23N3O2S. The molecule has 1 saturated heterocycles. The molecule has 2 rings (SSSR count). The van der Waals surface area contributed by atoms with Crippen molar-refractivity contribution in [2.75, 3.05) is 23.7 Å². The Hall–Kier alpha value is -1.17. The summed E-state index contributed by atoms with van der Waals surface area (Å²) < 4.78 is 24.2. The van der Waals surface area contributed by atoms with Crippen LogP contribution in [0, 0.1) is 13.8 Å². The highest BCUT2D eigenvalue weighted by Gasteiger charge is 2.45. The van der Waals surface area contributed by atoms with E-state index >= 15 is 0 Å². The van der Waals surface area contributed by atoms with E-state index in [0.717, 1.165) is 17.3 Å². The third-order valence-corrected chi connectivity index (χ3v) is 7.08. The first-order valence-electron chi connectivity index (χ1n) is 7.13. The number of aryl methyl sites for hydroxylation is 2. The molecule has 112 valence electrons. The molecule has 0 unspecified atom stereocenters. The van der Waals surface area contributed by atoms with Crippen LogP contribution in [0.2, 0.25) is 0 Å². The second kappa shape index (κ2) is 5.31. The van der Waals surface area contributed by atoms with Gasteiger partial charge >= 0.3 is 0 Å². The summed E-state index contributed by atoms with van der Waals surface area (Å²) in [6.07, 6.45) is 1.29. The molecule has 1 aromatic rings. The lowest BCUT2D eigenvalue weighted by atomic mass is 10.0. The van der Waals surface area contributed by atoms with E-state index in [0.29, 0.717) is 25.9 Å². The van der Waals surface area contributed by atoms with Crippen molar-refractivity contribution in [3.8, 4) is 0 Å². The monoisotopic (exact) mass is 297 g/mol. The largest absolute Gasteiger partial charge is 0.354 e. The van der Waals surface area contributed by atoms with Gasteiger partial charge in [-0.25, -0.2) is 18.4 Å². The Morgan fingerprint density at radius 3 is 2.45 bits per heavy atom. The summed E-state index contributed by atoms with van der Waals surface area (Å²) in [5.74, 6) is 1.78. The number of nitrogens with zero attached hydrogens (tertiary/aromatic N) is 3. The highest BCUT2D eigenvalue weighted by atomic mass is 32.2. The van der Waals surface area contributed by atoms with E-state index in [1.54, 1.807) is 0 Å². The van der Waals surface area contributed by atoms with E-state index in [9.17, 15) is 8.42 Å². The molecule has 20 heavy (non-hydrogen) atoms. The van der Waals surface area contributed by atoms with Gasteiger partial charge in [0.05, 0.1) is 10.5 Å². The first-order chi connectivity index (χ1) is 9.33. The van der Waals surface area contributed by atoms with Crippen LogP contribution in [0.4, 0.5) is 5.82 Å². The predicted octanol–water partition coefficient (Wildman–Crippen LogP) is 1.89.